The van der Waals surface area contributed by atoms with Crippen LogP contribution in [0, 0.1) is 11.8 Å². The second kappa shape index (κ2) is 13.4. The third-order valence-electron chi connectivity index (χ3n) is 7.20. The SMILES string of the molecule is COCCC(C)CCCC(C)(C)c1cc(O)c(C(C)(C)CCCC(C)CCOC)cc1O. The summed E-state index contributed by atoms with van der Waals surface area (Å²) in [5.41, 5.74) is 1.30. The summed E-state index contributed by atoms with van der Waals surface area (Å²) in [6.45, 7) is 14.8. The molecule has 0 aliphatic rings. The number of aromatic hydroxyl groups is 2. The van der Waals surface area contributed by atoms with Crippen LogP contribution in [0.4, 0.5) is 0 Å². The molecular formula is C28H50O4. The Labute approximate surface area is 197 Å². The lowest BCUT2D eigenvalue weighted by Gasteiger charge is -2.31. The van der Waals surface area contributed by atoms with E-state index in [1.54, 1.807) is 14.2 Å². The van der Waals surface area contributed by atoms with Crippen LogP contribution in [0.25, 0.3) is 0 Å². The number of hydrogen-bond acceptors (Lipinski definition) is 4. The van der Waals surface area contributed by atoms with E-state index >= 15 is 0 Å². The van der Waals surface area contributed by atoms with Crippen molar-refractivity contribution in [3.8, 4) is 11.5 Å². The maximum absolute atomic E-state index is 10.9. The second-order valence-corrected chi connectivity index (χ2v) is 11.2. The van der Waals surface area contributed by atoms with E-state index in [-0.39, 0.29) is 10.8 Å². The van der Waals surface area contributed by atoms with Gasteiger partial charge in [-0.1, -0.05) is 67.2 Å². The predicted octanol–water partition coefficient (Wildman–Crippen LogP) is 7.34. The molecule has 4 nitrogen and oxygen atoms in total. The van der Waals surface area contributed by atoms with Crippen LogP contribution in [0.5, 0.6) is 11.5 Å². The van der Waals surface area contributed by atoms with E-state index in [9.17, 15) is 10.2 Å². The van der Waals surface area contributed by atoms with Gasteiger partial charge in [-0.3, -0.25) is 0 Å². The highest BCUT2D eigenvalue weighted by Gasteiger charge is 2.30. The van der Waals surface area contributed by atoms with Gasteiger partial charge in [0.1, 0.15) is 11.5 Å². The summed E-state index contributed by atoms with van der Waals surface area (Å²) in [5, 5.41) is 21.8. The van der Waals surface area contributed by atoms with Gasteiger partial charge in [0.05, 0.1) is 0 Å². The molecule has 4 heteroatoms. The van der Waals surface area contributed by atoms with Crippen LogP contribution in [0.15, 0.2) is 12.1 Å². The van der Waals surface area contributed by atoms with Crippen LogP contribution in [0.1, 0.15) is 104 Å². The molecule has 1 aromatic rings. The lowest BCUT2D eigenvalue weighted by Crippen LogP contribution is -2.21. The fourth-order valence-corrected chi connectivity index (χ4v) is 4.64. The van der Waals surface area contributed by atoms with Gasteiger partial charge in [0.25, 0.3) is 0 Å². The van der Waals surface area contributed by atoms with Gasteiger partial charge in [0.2, 0.25) is 0 Å². The number of rotatable bonds is 16. The molecule has 0 aliphatic heterocycles. The maximum atomic E-state index is 10.9. The van der Waals surface area contributed by atoms with Gasteiger partial charge in [-0.25, -0.2) is 0 Å². The van der Waals surface area contributed by atoms with E-state index < -0.39 is 0 Å². The number of benzene rings is 1. The summed E-state index contributed by atoms with van der Waals surface area (Å²) in [4.78, 5) is 0. The van der Waals surface area contributed by atoms with E-state index in [4.69, 9.17) is 9.47 Å². The molecule has 2 unspecified atom stereocenters. The lowest BCUT2D eigenvalue weighted by molar-refractivity contribution is 0.177. The van der Waals surface area contributed by atoms with Crippen LogP contribution in [0.2, 0.25) is 0 Å². The minimum atomic E-state index is -0.192. The highest BCUT2D eigenvalue weighted by Crippen LogP contribution is 2.43. The first-order valence-corrected chi connectivity index (χ1v) is 12.5. The van der Waals surface area contributed by atoms with Gasteiger partial charge < -0.3 is 19.7 Å². The second-order valence-electron chi connectivity index (χ2n) is 11.2. The Morgan fingerprint density at radius 2 is 1.03 bits per heavy atom. The Balaban J connectivity index is 2.79. The molecule has 2 N–H and O–H groups in total. The number of phenols is 2. The Bertz CT molecular complexity index is 608. The van der Waals surface area contributed by atoms with E-state index in [1.165, 1.54) is 0 Å². The summed E-state index contributed by atoms with van der Waals surface area (Å²) in [5.74, 6) is 1.87. The first-order chi connectivity index (χ1) is 14.9. The summed E-state index contributed by atoms with van der Waals surface area (Å²) >= 11 is 0. The third-order valence-corrected chi connectivity index (χ3v) is 7.20. The lowest BCUT2D eigenvalue weighted by atomic mass is 9.75. The molecule has 0 spiro atoms. The highest BCUT2D eigenvalue weighted by atomic mass is 16.5. The van der Waals surface area contributed by atoms with Gasteiger partial charge in [-0.15, -0.1) is 0 Å². The molecule has 1 rings (SSSR count). The molecule has 2 atom stereocenters. The number of hydrogen-bond donors (Lipinski definition) is 2. The van der Waals surface area contributed by atoms with Crippen molar-refractivity contribution in [2.45, 2.75) is 104 Å². The molecule has 0 radical (unpaired) electrons. The number of phenolic OH excluding ortho intramolecular Hbond substituents is 2. The Hall–Kier alpha value is -1.26. The van der Waals surface area contributed by atoms with Gasteiger partial charge in [-0.2, -0.15) is 0 Å². The van der Waals surface area contributed by atoms with Crippen molar-refractivity contribution >= 4 is 0 Å². The molecule has 0 fully saturated rings. The van der Waals surface area contributed by atoms with Crippen molar-refractivity contribution in [2.24, 2.45) is 11.8 Å². The fraction of sp³-hybridized carbons (Fsp3) is 0.786. The van der Waals surface area contributed by atoms with E-state index in [1.807, 2.05) is 12.1 Å². The van der Waals surface area contributed by atoms with Crippen LogP contribution < -0.4 is 0 Å². The molecule has 0 aromatic heterocycles. The molecule has 0 bridgehead atoms. The molecule has 0 saturated heterocycles. The smallest absolute Gasteiger partial charge is 0.119 e. The average molecular weight is 451 g/mol. The largest absolute Gasteiger partial charge is 0.508 e. The standard InChI is InChI=1S/C28H50O4/c1-21(13-17-31-7)11-9-15-27(3,4)23-19-26(30)24(20-25(23)29)28(5,6)16-10-12-22(2)14-18-32-8/h19-22,29-30H,9-18H2,1-8H3. The van der Waals surface area contributed by atoms with Crippen molar-refractivity contribution in [3.63, 3.8) is 0 Å². The number of methoxy groups -OCH3 is 2. The molecule has 0 saturated carbocycles. The molecule has 1 aromatic carbocycles. The zero-order chi connectivity index (χ0) is 24.4. The molecule has 186 valence electrons. The van der Waals surface area contributed by atoms with Gasteiger partial charge in [0, 0.05) is 38.6 Å². The molecule has 0 aliphatic carbocycles. The fourth-order valence-electron chi connectivity index (χ4n) is 4.64. The maximum Gasteiger partial charge on any atom is 0.119 e. The Morgan fingerprint density at radius 3 is 1.34 bits per heavy atom. The van der Waals surface area contributed by atoms with Crippen molar-refractivity contribution in [2.75, 3.05) is 27.4 Å². The summed E-state index contributed by atoms with van der Waals surface area (Å²) in [6, 6.07) is 3.62. The van der Waals surface area contributed by atoms with Crippen LogP contribution in [-0.4, -0.2) is 37.6 Å². The monoisotopic (exact) mass is 450 g/mol. The summed E-state index contributed by atoms with van der Waals surface area (Å²) < 4.78 is 10.4. The summed E-state index contributed by atoms with van der Waals surface area (Å²) in [6.07, 6.45) is 8.58. The first kappa shape index (κ1) is 28.8. The zero-order valence-electron chi connectivity index (χ0n) is 22.1. The van der Waals surface area contributed by atoms with Crippen LogP contribution in [-0.2, 0) is 20.3 Å². The molecule has 0 amide bonds. The van der Waals surface area contributed by atoms with Crippen molar-refractivity contribution in [1.82, 2.24) is 0 Å². The molecule has 32 heavy (non-hydrogen) atoms. The van der Waals surface area contributed by atoms with Gasteiger partial charge >= 0.3 is 0 Å². The Kier molecular flexibility index (Phi) is 12.1. The van der Waals surface area contributed by atoms with E-state index in [2.05, 4.69) is 41.5 Å². The average Bonchev–Trinajstić information content (AvgIpc) is 2.71. The van der Waals surface area contributed by atoms with E-state index in [0.717, 1.165) is 75.7 Å². The van der Waals surface area contributed by atoms with Crippen molar-refractivity contribution < 1.29 is 19.7 Å². The van der Waals surface area contributed by atoms with E-state index in [0.29, 0.717) is 23.3 Å². The zero-order valence-corrected chi connectivity index (χ0v) is 22.1. The first-order valence-electron chi connectivity index (χ1n) is 12.5. The van der Waals surface area contributed by atoms with Crippen LogP contribution in [0.3, 0.4) is 0 Å². The minimum absolute atomic E-state index is 0.192. The minimum Gasteiger partial charge on any atom is -0.508 e. The van der Waals surface area contributed by atoms with Crippen molar-refractivity contribution in [3.05, 3.63) is 23.3 Å². The predicted molar refractivity (Wildman–Crippen MR) is 135 cm³/mol. The topological polar surface area (TPSA) is 58.9 Å². The van der Waals surface area contributed by atoms with Crippen LogP contribution >= 0.6 is 0 Å². The highest BCUT2D eigenvalue weighted by molar-refractivity contribution is 5.50. The number of ether oxygens (including phenoxy) is 2. The molecular weight excluding hydrogens is 400 g/mol. The Morgan fingerprint density at radius 1 is 0.688 bits per heavy atom. The molecule has 0 heterocycles. The normalized spacial score (nSPS) is 14.5. The van der Waals surface area contributed by atoms with Gasteiger partial charge in [-0.05, 0) is 60.5 Å². The van der Waals surface area contributed by atoms with Gasteiger partial charge in [0.15, 0.2) is 0 Å². The quantitative estimate of drug-likeness (QED) is 0.259. The summed E-state index contributed by atoms with van der Waals surface area (Å²) in [7, 11) is 3.50. The third kappa shape index (κ3) is 9.31. The van der Waals surface area contributed by atoms with Crippen molar-refractivity contribution in [1.29, 1.82) is 0 Å².